The third-order valence-electron chi connectivity index (χ3n) is 2.73. The lowest BCUT2D eigenvalue weighted by atomic mass is 9.97. The van der Waals surface area contributed by atoms with Crippen LogP contribution in [0.4, 0.5) is 13.2 Å². The molecule has 2 aliphatic carbocycles. The molecule has 0 saturated heterocycles. The Labute approximate surface area is 74.1 Å². The van der Waals surface area contributed by atoms with E-state index >= 15 is 0 Å². The standard InChI is InChI=1S/C9H10F3N/c1-5-2-6(9(10,11)12)3-8(13)4-7(5)8/h2-3,7H,4,13H2,1H3. The van der Waals surface area contributed by atoms with Gasteiger partial charge in [0.2, 0.25) is 0 Å². The van der Waals surface area contributed by atoms with Crippen molar-refractivity contribution in [3.8, 4) is 0 Å². The summed E-state index contributed by atoms with van der Waals surface area (Å²) in [4.78, 5) is 0. The Hall–Kier alpha value is -0.770. The molecule has 0 heterocycles. The van der Waals surface area contributed by atoms with Gasteiger partial charge in [-0.2, -0.15) is 13.2 Å². The Kier molecular flexibility index (Phi) is 1.48. The summed E-state index contributed by atoms with van der Waals surface area (Å²) in [5, 5.41) is 0. The van der Waals surface area contributed by atoms with Crippen molar-refractivity contribution < 1.29 is 13.2 Å². The Bertz CT molecular complexity index is 313. The summed E-state index contributed by atoms with van der Waals surface area (Å²) in [5.74, 6) is 0.138. The molecule has 2 rings (SSSR count). The fourth-order valence-electron chi connectivity index (χ4n) is 1.88. The Morgan fingerprint density at radius 3 is 2.62 bits per heavy atom. The van der Waals surface area contributed by atoms with Crippen molar-refractivity contribution in [2.45, 2.75) is 25.1 Å². The van der Waals surface area contributed by atoms with Crippen molar-refractivity contribution in [2.75, 3.05) is 0 Å². The van der Waals surface area contributed by atoms with Gasteiger partial charge in [-0.25, -0.2) is 0 Å². The highest BCUT2D eigenvalue weighted by atomic mass is 19.4. The predicted molar refractivity (Wildman–Crippen MR) is 42.9 cm³/mol. The van der Waals surface area contributed by atoms with Crippen molar-refractivity contribution in [3.05, 3.63) is 23.3 Å². The summed E-state index contributed by atoms with van der Waals surface area (Å²) in [7, 11) is 0. The lowest BCUT2D eigenvalue weighted by Gasteiger charge is -2.17. The van der Waals surface area contributed by atoms with Crippen molar-refractivity contribution in [2.24, 2.45) is 11.7 Å². The quantitative estimate of drug-likeness (QED) is 0.620. The largest absolute Gasteiger partial charge is 0.416 e. The number of rotatable bonds is 0. The number of alkyl halides is 3. The zero-order valence-corrected chi connectivity index (χ0v) is 7.15. The molecule has 0 aromatic heterocycles. The lowest BCUT2D eigenvalue weighted by Crippen LogP contribution is -2.27. The summed E-state index contributed by atoms with van der Waals surface area (Å²) < 4.78 is 36.9. The Balaban J connectivity index is 2.36. The number of halogens is 3. The second kappa shape index (κ2) is 2.18. The molecular weight excluding hydrogens is 179 g/mol. The summed E-state index contributed by atoms with van der Waals surface area (Å²) in [6.07, 6.45) is -1.26. The molecule has 2 atom stereocenters. The highest BCUT2D eigenvalue weighted by molar-refractivity contribution is 5.45. The summed E-state index contributed by atoms with van der Waals surface area (Å²) in [6, 6.07) is 0. The van der Waals surface area contributed by atoms with E-state index in [0.29, 0.717) is 6.42 Å². The molecule has 0 amide bonds. The van der Waals surface area contributed by atoms with Gasteiger partial charge in [0.25, 0.3) is 0 Å². The van der Waals surface area contributed by atoms with Crippen molar-refractivity contribution >= 4 is 0 Å². The first kappa shape index (κ1) is 8.81. The van der Waals surface area contributed by atoms with Gasteiger partial charge in [-0.15, -0.1) is 0 Å². The van der Waals surface area contributed by atoms with Gasteiger partial charge in [0, 0.05) is 11.5 Å². The van der Waals surface area contributed by atoms with E-state index in [9.17, 15) is 13.2 Å². The molecular formula is C9H10F3N. The van der Waals surface area contributed by atoms with Crippen LogP contribution in [0.1, 0.15) is 13.3 Å². The van der Waals surface area contributed by atoms with Gasteiger partial charge in [-0.3, -0.25) is 0 Å². The third kappa shape index (κ3) is 1.29. The molecule has 0 aromatic carbocycles. The van der Waals surface area contributed by atoms with Gasteiger partial charge in [0.1, 0.15) is 0 Å². The van der Waals surface area contributed by atoms with Crippen molar-refractivity contribution in [3.63, 3.8) is 0 Å². The SMILES string of the molecule is CC1=CC(C(F)(F)F)=CC2(N)CC12. The minimum atomic E-state index is -4.26. The van der Waals surface area contributed by atoms with Crippen LogP contribution >= 0.6 is 0 Å². The van der Waals surface area contributed by atoms with Crippen LogP contribution in [0.3, 0.4) is 0 Å². The average molecular weight is 189 g/mol. The maximum Gasteiger partial charge on any atom is 0.416 e. The smallest absolute Gasteiger partial charge is 0.321 e. The first-order valence-corrected chi connectivity index (χ1v) is 4.10. The molecule has 1 fully saturated rings. The number of nitrogens with two attached hydrogens (primary N) is 1. The lowest BCUT2D eigenvalue weighted by molar-refractivity contribution is -0.0888. The molecule has 2 unspecified atom stereocenters. The van der Waals surface area contributed by atoms with Crippen LogP contribution in [0, 0.1) is 5.92 Å². The molecule has 1 saturated carbocycles. The third-order valence-corrected chi connectivity index (χ3v) is 2.73. The van der Waals surface area contributed by atoms with Crippen molar-refractivity contribution in [1.82, 2.24) is 0 Å². The number of hydrogen-bond donors (Lipinski definition) is 1. The molecule has 0 aliphatic heterocycles. The number of allylic oxidation sites excluding steroid dienone is 2. The van der Waals surface area contributed by atoms with E-state index in [0.717, 1.165) is 11.6 Å². The Morgan fingerprint density at radius 2 is 2.15 bits per heavy atom. The van der Waals surface area contributed by atoms with Crippen LogP contribution in [-0.2, 0) is 0 Å². The normalized spacial score (nSPS) is 37.8. The van der Waals surface area contributed by atoms with Crippen molar-refractivity contribution in [1.29, 1.82) is 0 Å². The van der Waals surface area contributed by atoms with Gasteiger partial charge in [-0.05, 0) is 13.3 Å². The molecule has 4 heteroatoms. The number of fused-ring (bicyclic) bond motifs is 1. The van der Waals surface area contributed by atoms with E-state index < -0.39 is 17.3 Å². The van der Waals surface area contributed by atoms with E-state index in [2.05, 4.69) is 0 Å². The maximum absolute atomic E-state index is 12.3. The van der Waals surface area contributed by atoms with E-state index in [1.54, 1.807) is 6.92 Å². The molecule has 0 spiro atoms. The first-order chi connectivity index (χ1) is 5.83. The molecule has 1 nitrogen and oxygen atoms in total. The van der Waals surface area contributed by atoms with Crippen LogP contribution in [0.5, 0.6) is 0 Å². The first-order valence-electron chi connectivity index (χ1n) is 4.10. The van der Waals surface area contributed by atoms with E-state index in [4.69, 9.17) is 5.73 Å². The molecule has 13 heavy (non-hydrogen) atoms. The zero-order chi connectivity index (χ0) is 9.85. The van der Waals surface area contributed by atoms with Gasteiger partial charge in [0.05, 0.1) is 5.57 Å². The van der Waals surface area contributed by atoms with Gasteiger partial charge in [0.15, 0.2) is 0 Å². The molecule has 2 aliphatic rings. The Morgan fingerprint density at radius 1 is 1.54 bits per heavy atom. The molecule has 72 valence electrons. The minimum absolute atomic E-state index is 0.138. The second-order valence-corrected chi connectivity index (χ2v) is 3.85. The van der Waals surface area contributed by atoms with Crippen LogP contribution < -0.4 is 5.73 Å². The minimum Gasteiger partial charge on any atom is -0.321 e. The molecule has 0 radical (unpaired) electrons. The second-order valence-electron chi connectivity index (χ2n) is 3.85. The fourth-order valence-corrected chi connectivity index (χ4v) is 1.88. The van der Waals surface area contributed by atoms with Gasteiger partial charge >= 0.3 is 6.18 Å². The monoisotopic (exact) mass is 189 g/mol. The van der Waals surface area contributed by atoms with Gasteiger partial charge < -0.3 is 5.73 Å². The highest BCUT2D eigenvalue weighted by Gasteiger charge is 2.54. The van der Waals surface area contributed by atoms with Crippen LogP contribution in [-0.4, -0.2) is 11.7 Å². The van der Waals surface area contributed by atoms with Gasteiger partial charge in [-0.1, -0.05) is 17.7 Å². The van der Waals surface area contributed by atoms with Crippen LogP contribution in [0.25, 0.3) is 0 Å². The van der Waals surface area contributed by atoms with E-state index in [1.807, 2.05) is 0 Å². The average Bonchev–Trinajstić information content (AvgIpc) is 2.59. The summed E-state index contributed by atoms with van der Waals surface area (Å²) in [6.45, 7) is 1.71. The van der Waals surface area contributed by atoms with Crippen LogP contribution in [0.2, 0.25) is 0 Å². The van der Waals surface area contributed by atoms with E-state index in [-0.39, 0.29) is 5.92 Å². The predicted octanol–water partition coefficient (Wildman–Crippen LogP) is 2.15. The fraction of sp³-hybridized carbons (Fsp3) is 0.556. The van der Waals surface area contributed by atoms with E-state index in [1.165, 1.54) is 6.08 Å². The topological polar surface area (TPSA) is 26.0 Å². The van der Waals surface area contributed by atoms with Crippen LogP contribution in [0.15, 0.2) is 23.3 Å². The molecule has 0 bridgehead atoms. The highest BCUT2D eigenvalue weighted by Crippen LogP contribution is 2.52. The maximum atomic E-state index is 12.3. The molecule has 2 N–H and O–H groups in total. The zero-order valence-electron chi connectivity index (χ0n) is 7.15. The molecule has 0 aromatic rings. The number of hydrogen-bond acceptors (Lipinski definition) is 1. The summed E-state index contributed by atoms with van der Waals surface area (Å²) >= 11 is 0. The summed E-state index contributed by atoms with van der Waals surface area (Å²) in [5.41, 5.74) is 5.16.